The van der Waals surface area contributed by atoms with E-state index in [0.717, 1.165) is 23.7 Å². The summed E-state index contributed by atoms with van der Waals surface area (Å²) in [5.41, 5.74) is 8.91. The summed E-state index contributed by atoms with van der Waals surface area (Å²) in [6.07, 6.45) is 7.36. The van der Waals surface area contributed by atoms with E-state index < -0.39 is 0 Å². The van der Waals surface area contributed by atoms with E-state index in [1.807, 2.05) is 60.7 Å². The molecule has 4 aromatic rings. The van der Waals surface area contributed by atoms with Crippen LogP contribution in [0.25, 0.3) is 0 Å². The first-order valence-electron chi connectivity index (χ1n) is 13.4. The summed E-state index contributed by atoms with van der Waals surface area (Å²) in [7, 11) is 3.83. The number of ether oxygens (including phenoxy) is 1. The zero-order chi connectivity index (χ0) is 28.8. The van der Waals surface area contributed by atoms with Crippen LogP contribution in [0.5, 0.6) is 11.5 Å². The van der Waals surface area contributed by atoms with Crippen molar-refractivity contribution in [1.29, 1.82) is 5.41 Å². The molecule has 4 N–H and O–H groups in total. The number of amides is 1. The fourth-order valence-electron chi connectivity index (χ4n) is 4.33. The maximum Gasteiger partial charge on any atom is 0.250 e. The number of likely N-dealkylation sites (N-methyl/N-ethyl adjacent to an activating group) is 2. The predicted molar refractivity (Wildman–Crippen MR) is 163 cm³/mol. The zero-order valence-electron chi connectivity index (χ0n) is 23.1. The molecule has 1 amide bonds. The molecular weight excluding hydrogens is 514 g/mol. The van der Waals surface area contributed by atoms with Crippen molar-refractivity contribution in [2.75, 3.05) is 36.6 Å². The van der Waals surface area contributed by atoms with Crippen molar-refractivity contribution in [3.63, 3.8) is 0 Å². The minimum absolute atomic E-state index is 0.0885. The second kappa shape index (κ2) is 12.4. The molecule has 41 heavy (non-hydrogen) atoms. The van der Waals surface area contributed by atoms with Crippen LogP contribution >= 0.6 is 0 Å². The second-order valence-corrected chi connectivity index (χ2v) is 9.94. The lowest BCUT2D eigenvalue weighted by Gasteiger charge is -2.17. The third-order valence-corrected chi connectivity index (χ3v) is 6.92. The third-order valence-electron chi connectivity index (χ3n) is 6.92. The summed E-state index contributed by atoms with van der Waals surface area (Å²) in [6.45, 7) is 0.762. The van der Waals surface area contributed by atoms with Crippen LogP contribution in [0.1, 0.15) is 24.0 Å². The maximum absolute atomic E-state index is 12.6. The summed E-state index contributed by atoms with van der Waals surface area (Å²) in [4.78, 5) is 25.0. The molecule has 1 fully saturated rings. The molecule has 0 unspecified atom stereocenters. The van der Waals surface area contributed by atoms with Crippen molar-refractivity contribution in [3.8, 4) is 11.5 Å². The first kappa shape index (κ1) is 27.5. The highest BCUT2D eigenvalue weighted by molar-refractivity contribution is 6.16. The number of nitrogens with two attached hydrogens (primary N) is 1. The van der Waals surface area contributed by atoms with E-state index >= 15 is 0 Å². The molecule has 1 aliphatic carbocycles. The average Bonchev–Trinajstić information content (AvgIpc) is 3.84. The Kier molecular flexibility index (Phi) is 8.36. The van der Waals surface area contributed by atoms with E-state index in [0.29, 0.717) is 28.7 Å². The minimum Gasteiger partial charge on any atom is -0.457 e. The van der Waals surface area contributed by atoms with Gasteiger partial charge >= 0.3 is 0 Å². The third kappa shape index (κ3) is 6.95. The smallest absolute Gasteiger partial charge is 0.250 e. The highest BCUT2D eigenvalue weighted by atomic mass is 16.5. The summed E-state index contributed by atoms with van der Waals surface area (Å²) >= 11 is 0. The Morgan fingerprint density at radius 3 is 2.37 bits per heavy atom. The number of benzene rings is 3. The summed E-state index contributed by atoms with van der Waals surface area (Å²) in [5, 5.41) is 12.1. The van der Waals surface area contributed by atoms with Crippen LogP contribution < -0.4 is 20.7 Å². The number of nitrogens with zero attached hydrogens (tertiary/aromatic N) is 4. The topological polar surface area (TPSA) is 120 Å². The maximum atomic E-state index is 12.6. The standard InChI is InChI=1S/C32H33N7O2/c1-38(24-16-17-24)20-6-9-28(40)39(2)25-14-12-23(13-15-25)37-32-29(31(34)35-21-36-32)30(33)22-10-18-27(19-11-22)41-26-7-4-3-5-8-26/h3-15,18-19,21,24,33H,16-17,20H2,1-2H3,(H3,34,35,36,37)/b9-6+,33-30?. The van der Waals surface area contributed by atoms with Gasteiger partial charge in [-0.1, -0.05) is 24.3 Å². The predicted octanol–water partition coefficient (Wildman–Crippen LogP) is 5.62. The molecule has 1 heterocycles. The Balaban J connectivity index is 1.25. The summed E-state index contributed by atoms with van der Waals surface area (Å²) in [6, 6.07) is 24.8. The van der Waals surface area contributed by atoms with Crippen molar-refractivity contribution in [2.24, 2.45) is 0 Å². The van der Waals surface area contributed by atoms with Crippen molar-refractivity contribution < 1.29 is 9.53 Å². The fraction of sp³-hybridized carbons (Fsp3) is 0.188. The van der Waals surface area contributed by atoms with Crippen LogP contribution in [0.4, 0.5) is 23.0 Å². The minimum atomic E-state index is -0.0885. The van der Waals surface area contributed by atoms with Crippen LogP contribution in [0.15, 0.2) is 97.3 Å². The molecule has 1 aliphatic rings. The molecule has 0 atom stereocenters. The number of hydrogen-bond donors (Lipinski definition) is 3. The normalized spacial score (nSPS) is 12.9. The van der Waals surface area contributed by atoms with Gasteiger partial charge in [0.1, 0.15) is 29.5 Å². The van der Waals surface area contributed by atoms with E-state index in [-0.39, 0.29) is 17.4 Å². The Bertz CT molecular complexity index is 1530. The van der Waals surface area contributed by atoms with Gasteiger partial charge in [-0.3, -0.25) is 15.1 Å². The van der Waals surface area contributed by atoms with Crippen LogP contribution in [-0.2, 0) is 4.79 Å². The van der Waals surface area contributed by atoms with Gasteiger partial charge in [0.2, 0.25) is 5.91 Å². The molecule has 0 saturated heterocycles. The van der Waals surface area contributed by atoms with Gasteiger partial charge in [0.25, 0.3) is 0 Å². The lowest BCUT2D eigenvalue weighted by molar-refractivity contribution is -0.113. The zero-order valence-corrected chi connectivity index (χ0v) is 23.1. The molecule has 5 rings (SSSR count). The van der Waals surface area contributed by atoms with E-state index in [2.05, 4.69) is 27.2 Å². The molecule has 0 radical (unpaired) electrons. The Morgan fingerprint density at radius 2 is 1.68 bits per heavy atom. The molecule has 0 spiro atoms. The molecular formula is C32H33N7O2. The van der Waals surface area contributed by atoms with Crippen LogP contribution in [0.2, 0.25) is 0 Å². The molecule has 0 bridgehead atoms. The number of anilines is 4. The summed E-state index contributed by atoms with van der Waals surface area (Å²) < 4.78 is 5.86. The average molecular weight is 548 g/mol. The van der Waals surface area contributed by atoms with Crippen LogP contribution in [0.3, 0.4) is 0 Å². The number of aromatic nitrogens is 2. The van der Waals surface area contributed by atoms with Gasteiger partial charge in [0.15, 0.2) is 0 Å². The van der Waals surface area contributed by atoms with Crippen molar-refractivity contribution in [3.05, 3.63) is 108 Å². The molecule has 9 nitrogen and oxygen atoms in total. The van der Waals surface area contributed by atoms with Crippen molar-refractivity contribution in [2.45, 2.75) is 18.9 Å². The molecule has 1 saturated carbocycles. The van der Waals surface area contributed by atoms with Crippen molar-refractivity contribution in [1.82, 2.24) is 14.9 Å². The van der Waals surface area contributed by atoms with Gasteiger partial charge < -0.3 is 20.7 Å². The highest BCUT2D eigenvalue weighted by Crippen LogP contribution is 2.28. The molecule has 3 aromatic carbocycles. The van der Waals surface area contributed by atoms with E-state index in [1.165, 1.54) is 19.2 Å². The number of nitrogen functional groups attached to an aromatic ring is 1. The number of rotatable bonds is 11. The number of nitrogens with one attached hydrogen (secondary N) is 2. The number of hydrogen-bond acceptors (Lipinski definition) is 8. The molecule has 9 heteroatoms. The van der Waals surface area contributed by atoms with E-state index in [9.17, 15) is 4.79 Å². The number of carbonyl (C=O) groups is 1. The van der Waals surface area contributed by atoms with Gasteiger partial charge in [-0.15, -0.1) is 0 Å². The van der Waals surface area contributed by atoms with Gasteiger partial charge in [0.05, 0.1) is 11.3 Å². The second-order valence-electron chi connectivity index (χ2n) is 9.94. The highest BCUT2D eigenvalue weighted by Gasteiger charge is 2.25. The van der Waals surface area contributed by atoms with E-state index in [1.54, 1.807) is 42.3 Å². The van der Waals surface area contributed by atoms with E-state index in [4.69, 9.17) is 15.9 Å². The van der Waals surface area contributed by atoms with Gasteiger partial charge in [-0.25, -0.2) is 9.97 Å². The van der Waals surface area contributed by atoms with Gasteiger partial charge in [-0.2, -0.15) is 0 Å². The Morgan fingerprint density at radius 1 is 1.00 bits per heavy atom. The van der Waals surface area contributed by atoms with Gasteiger partial charge in [-0.05, 0) is 80.6 Å². The molecule has 208 valence electrons. The van der Waals surface area contributed by atoms with Gasteiger partial charge in [0, 0.05) is 42.6 Å². The monoisotopic (exact) mass is 547 g/mol. The largest absolute Gasteiger partial charge is 0.457 e. The number of carbonyl (C=O) groups excluding carboxylic acids is 1. The Hall–Kier alpha value is -5.02. The molecule has 0 aliphatic heterocycles. The molecule has 1 aromatic heterocycles. The quantitative estimate of drug-likeness (QED) is 0.165. The van der Waals surface area contributed by atoms with Crippen LogP contribution in [0, 0.1) is 5.41 Å². The number of para-hydroxylation sites is 1. The first-order valence-corrected chi connectivity index (χ1v) is 13.4. The lowest BCUT2D eigenvalue weighted by atomic mass is 10.0. The Labute approximate surface area is 239 Å². The SMILES string of the molecule is CN(C(=O)/C=C/CN(C)C1CC1)c1ccc(Nc2ncnc(N)c2C(=N)c2ccc(Oc3ccccc3)cc2)cc1. The lowest BCUT2D eigenvalue weighted by Crippen LogP contribution is -2.25. The van der Waals surface area contributed by atoms with Crippen molar-refractivity contribution >= 4 is 34.6 Å². The first-order chi connectivity index (χ1) is 19.9. The van der Waals surface area contributed by atoms with Crippen LogP contribution in [-0.4, -0.2) is 53.2 Å². The fourth-order valence-corrected chi connectivity index (χ4v) is 4.33. The summed E-state index contributed by atoms with van der Waals surface area (Å²) in [5.74, 6) is 1.91.